The second-order valence-corrected chi connectivity index (χ2v) is 8.96. The van der Waals surface area contributed by atoms with Gasteiger partial charge >= 0.3 is 11.8 Å². The summed E-state index contributed by atoms with van der Waals surface area (Å²) >= 11 is 3.27. The Morgan fingerprint density at radius 1 is 1.17 bits per heavy atom. The molecule has 1 aliphatic heterocycles. The van der Waals surface area contributed by atoms with Gasteiger partial charge in [0.05, 0.1) is 18.0 Å². The number of ether oxygens (including phenoxy) is 1. The van der Waals surface area contributed by atoms with Gasteiger partial charge in [0.2, 0.25) is 10.0 Å². The van der Waals surface area contributed by atoms with Crippen LogP contribution in [0, 0.1) is 0 Å². The minimum absolute atomic E-state index is 0.122. The van der Waals surface area contributed by atoms with Gasteiger partial charge in [0.25, 0.3) is 0 Å². The van der Waals surface area contributed by atoms with E-state index in [-0.39, 0.29) is 31.1 Å². The lowest BCUT2D eigenvalue weighted by Crippen LogP contribution is -2.47. The first kappa shape index (κ1) is 21.4. The maximum Gasteiger partial charge on any atom is 0.309 e. The quantitative estimate of drug-likeness (QED) is 0.582. The van der Waals surface area contributed by atoms with Crippen molar-refractivity contribution < 1.29 is 22.7 Å². The van der Waals surface area contributed by atoms with Gasteiger partial charge in [-0.25, -0.2) is 8.42 Å². The standard InChI is InChI=1S/C18H19BrN4O5S/c19-14-3-5-15(6-4-14)29(26,27)23-8-9-28-16(23)12-22-18(25)17(24)21-11-13-2-1-7-20-10-13/h1-7,10,16H,8-9,11-12H2,(H,21,24)(H,22,25). The van der Waals surface area contributed by atoms with Crippen LogP contribution in [0.25, 0.3) is 0 Å². The second kappa shape index (κ2) is 9.44. The van der Waals surface area contributed by atoms with E-state index in [4.69, 9.17) is 4.74 Å². The van der Waals surface area contributed by atoms with Crippen molar-refractivity contribution in [1.82, 2.24) is 19.9 Å². The number of sulfonamides is 1. The second-order valence-electron chi connectivity index (χ2n) is 6.15. The summed E-state index contributed by atoms with van der Waals surface area (Å²) in [5, 5.41) is 4.90. The summed E-state index contributed by atoms with van der Waals surface area (Å²) in [5.41, 5.74) is 0.750. The Kier molecular flexibility index (Phi) is 6.96. The molecule has 0 spiro atoms. The molecule has 1 aliphatic rings. The van der Waals surface area contributed by atoms with Crippen LogP contribution in [-0.4, -0.2) is 55.4 Å². The Bertz CT molecular complexity index is 970. The van der Waals surface area contributed by atoms with E-state index in [1.807, 2.05) is 0 Å². The van der Waals surface area contributed by atoms with Crippen molar-refractivity contribution in [3.63, 3.8) is 0 Å². The summed E-state index contributed by atoms with van der Waals surface area (Å²) in [6, 6.07) is 9.72. The van der Waals surface area contributed by atoms with Gasteiger partial charge in [-0.2, -0.15) is 4.31 Å². The van der Waals surface area contributed by atoms with E-state index in [9.17, 15) is 18.0 Å². The number of rotatable bonds is 6. The van der Waals surface area contributed by atoms with Crippen LogP contribution in [0.1, 0.15) is 5.56 Å². The number of benzene rings is 1. The Balaban J connectivity index is 1.55. The summed E-state index contributed by atoms with van der Waals surface area (Å²) in [4.78, 5) is 28.0. The fraction of sp³-hybridized carbons (Fsp3) is 0.278. The highest BCUT2D eigenvalue weighted by Gasteiger charge is 2.36. The first-order valence-corrected chi connectivity index (χ1v) is 10.9. The molecular formula is C18H19BrN4O5S. The van der Waals surface area contributed by atoms with E-state index in [0.717, 1.165) is 10.0 Å². The number of halogens is 1. The fourth-order valence-electron chi connectivity index (χ4n) is 2.71. The predicted molar refractivity (Wildman–Crippen MR) is 107 cm³/mol. The Morgan fingerprint density at radius 2 is 1.90 bits per heavy atom. The van der Waals surface area contributed by atoms with E-state index in [1.54, 1.807) is 36.7 Å². The SMILES string of the molecule is O=C(NCc1cccnc1)C(=O)NCC1OCCN1S(=O)(=O)c1ccc(Br)cc1. The number of hydrogen-bond donors (Lipinski definition) is 2. The maximum absolute atomic E-state index is 12.8. The van der Waals surface area contributed by atoms with Gasteiger partial charge in [0.1, 0.15) is 6.23 Å². The molecule has 11 heteroatoms. The molecule has 0 aliphatic carbocycles. The van der Waals surface area contributed by atoms with Crippen molar-refractivity contribution in [2.24, 2.45) is 0 Å². The molecule has 3 rings (SSSR count). The van der Waals surface area contributed by atoms with E-state index in [0.29, 0.717) is 0 Å². The van der Waals surface area contributed by atoms with Gasteiger partial charge in [0, 0.05) is 30.0 Å². The Hall–Kier alpha value is -2.34. The number of carbonyl (C=O) groups is 2. The van der Waals surface area contributed by atoms with Crippen LogP contribution in [0.3, 0.4) is 0 Å². The third-order valence-corrected chi connectivity index (χ3v) is 6.61. The van der Waals surface area contributed by atoms with Crippen LogP contribution >= 0.6 is 15.9 Å². The highest BCUT2D eigenvalue weighted by atomic mass is 79.9. The zero-order valence-corrected chi connectivity index (χ0v) is 17.6. The van der Waals surface area contributed by atoms with Crippen LogP contribution in [0.2, 0.25) is 0 Å². The molecule has 154 valence electrons. The van der Waals surface area contributed by atoms with Gasteiger partial charge in [-0.1, -0.05) is 22.0 Å². The van der Waals surface area contributed by atoms with Gasteiger partial charge in [-0.15, -0.1) is 0 Å². The zero-order valence-electron chi connectivity index (χ0n) is 15.2. The summed E-state index contributed by atoms with van der Waals surface area (Å²) in [6.45, 7) is 0.370. The first-order chi connectivity index (χ1) is 13.9. The molecule has 2 amide bonds. The number of nitrogens with zero attached hydrogens (tertiary/aromatic N) is 2. The van der Waals surface area contributed by atoms with Gasteiger partial charge in [0.15, 0.2) is 0 Å². The molecule has 29 heavy (non-hydrogen) atoms. The van der Waals surface area contributed by atoms with Crippen LogP contribution < -0.4 is 10.6 Å². The molecule has 1 aromatic carbocycles. The number of nitrogens with one attached hydrogen (secondary N) is 2. The molecule has 2 aromatic rings. The molecule has 1 aromatic heterocycles. The molecular weight excluding hydrogens is 464 g/mol. The molecule has 1 fully saturated rings. The third kappa shape index (κ3) is 5.38. The lowest BCUT2D eigenvalue weighted by molar-refractivity contribution is -0.139. The van der Waals surface area contributed by atoms with Crippen LogP contribution in [0.15, 0.2) is 58.2 Å². The molecule has 0 saturated carbocycles. The summed E-state index contributed by atoms with van der Waals surface area (Å²) in [6.07, 6.45) is 2.29. The summed E-state index contributed by atoms with van der Waals surface area (Å²) < 4.78 is 33.0. The van der Waals surface area contributed by atoms with Crippen molar-refractivity contribution in [2.75, 3.05) is 19.7 Å². The lowest BCUT2D eigenvalue weighted by atomic mass is 10.3. The minimum atomic E-state index is -3.79. The molecule has 0 radical (unpaired) electrons. The highest BCUT2D eigenvalue weighted by Crippen LogP contribution is 2.23. The van der Waals surface area contributed by atoms with Gasteiger partial charge in [-0.05, 0) is 35.9 Å². The smallest absolute Gasteiger partial charge is 0.309 e. The van der Waals surface area contributed by atoms with Gasteiger partial charge < -0.3 is 15.4 Å². The first-order valence-electron chi connectivity index (χ1n) is 8.72. The Labute approximate surface area is 176 Å². The number of pyridine rings is 1. The molecule has 2 heterocycles. The lowest BCUT2D eigenvalue weighted by Gasteiger charge is -2.22. The third-order valence-electron chi connectivity index (χ3n) is 4.18. The normalized spacial score (nSPS) is 17.1. The van der Waals surface area contributed by atoms with Crippen LogP contribution in [-0.2, 0) is 30.9 Å². The van der Waals surface area contributed by atoms with E-state index in [1.165, 1.54) is 16.4 Å². The average molecular weight is 483 g/mol. The van der Waals surface area contributed by atoms with Crippen LogP contribution in [0.4, 0.5) is 0 Å². The van der Waals surface area contributed by atoms with Gasteiger partial charge in [-0.3, -0.25) is 14.6 Å². The minimum Gasteiger partial charge on any atom is -0.359 e. The summed E-state index contributed by atoms with van der Waals surface area (Å²) in [7, 11) is -3.79. The molecule has 1 atom stereocenters. The van der Waals surface area contributed by atoms with Crippen molar-refractivity contribution in [2.45, 2.75) is 17.7 Å². The van der Waals surface area contributed by atoms with E-state index in [2.05, 4.69) is 31.5 Å². The van der Waals surface area contributed by atoms with E-state index < -0.39 is 28.1 Å². The van der Waals surface area contributed by atoms with Crippen molar-refractivity contribution in [3.8, 4) is 0 Å². The number of aromatic nitrogens is 1. The monoisotopic (exact) mass is 482 g/mol. The van der Waals surface area contributed by atoms with Crippen molar-refractivity contribution in [3.05, 3.63) is 58.8 Å². The molecule has 2 N–H and O–H groups in total. The van der Waals surface area contributed by atoms with E-state index >= 15 is 0 Å². The van der Waals surface area contributed by atoms with Crippen LogP contribution in [0.5, 0.6) is 0 Å². The number of amides is 2. The predicted octanol–water partition coefficient (Wildman–Crippen LogP) is 0.624. The average Bonchev–Trinajstić information content (AvgIpc) is 3.21. The topological polar surface area (TPSA) is 118 Å². The highest BCUT2D eigenvalue weighted by molar-refractivity contribution is 9.10. The molecule has 9 nitrogen and oxygen atoms in total. The largest absolute Gasteiger partial charge is 0.359 e. The number of carbonyl (C=O) groups excluding carboxylic acids is 2. The number of hydrogen-bond acceptors (Lipinski definition) is 6. The zero-order chi connectivity index (χ0) is 20.9. The molecule has 0 bridgehead atoms. The Morgan fingerprint density at radius 3 is 2.59 bits per heavy atom. The molecule has 1 saturated heterocycles. The fourth-order valence-corrected chi connectivity index (χ4v) is 4.48. The van der Waals surface area contributed by atoms with Crippen molar-refractivity contribution >= 4 is 37.8 Å². The van der Waals surface area contributed by atoms with Crippen molar-refractivity contribution in [1.29, 1.82) is 0 Å². The maximum atomic E-state index is 12.8. The summed E-state index contributed by atoms with van der Waals surface area (Å²) in [5.74, 6) is -1.69. The molecule has 1 unspecified atom stereocenters.